The minimum Gasteiger partial charge on any atom is -0.375 e. The van der Waals surface area contributed by atoms with Crippen molar-refractivity contribution in [1.29, 1.82) is 0 Å². The van der Waals surface area contributed by atoms with Crippen LogP contribution in [0.15, 0.2) is 0 Å². The third kappa shape index (κ3) is 3.52. The lowest BCUT2D eigenvalue weighted by molar-refractivity contribution is 0.00769. The Morgan fingerprint density at radius 1 is 1.33 bits per heavy atom. The molecular weight excluding hydrogens is 112 g/mol. The Morgan fingerprint density at radius 2 is 1.89 bits per heavy atom. The van der Waals surface area contributed by atoms with Gasteiger partial charge in [0.2, 0.25) is 0 Å². The molecule has 1 aliphatic carbocycles. The minimum atomic E-state index is 0.0512. The van der Waals surface area contributed by atoms with Crippen molar-refractivity contribution in [3.05, 3.63) is 5.92 Å². The maximum absolute atomic E-state index is 5.52. The van der Waals surface area contributed by atoms with Crippen LogP contribution in [0.2, 0.25) is 0 Å². The van der Waals surface area contributed by atoms with Crippen LogP contribution in [-0.4, -0.2) is 12.2 Å². The van der Waals surface area contributed by atoms with Crippen molar-refractivity contribution in [3.63, 3.8) is 0 Å². The van der Waals surface area contributed by atoms with Gasteiger partial charge in [-0.25, -0.2) is 0 Å². The summed E-state index contributed by atoms with van der Waals surface area (Å²) >= 11 is 0. The Labute approximate surface area is 57.4 Å². The van der Waals surface area contributed by atoms with Crippen LogP contribution in [-0.2, 0) is 4.74 Å². The van der Waals surface area contributed by atoms with E-state index >= 15 is 0 Å². The van der Waals surface area contributed by atoms with Crippen LogP contribution in [0, 0.1) is 5.92 Å². The van der Waals surface area contributed by atoms with Crippen LogP contribution in [0.25, 0.3) is 0 Å². The summed E-state index contributed by atoms with van der Waals surface area (Å²) in [6.45, 7) is 7.17. The van der Waals surface area contributed by atoms with Crippen molar-refractivity contribution >= 4 is 0 Å². The zero-order valence-electron chi connectivity index (χ0n) is 6.53. The molecule has 1 aliphatic rings. The van der Waals surface area contributed by atoms with Gasteiger partial charge in [-0.15, -0.1) is 0 Å². The van der Waals surface area contributed by atoms with Crippen LogP contribution in [0.5, 0.6) is 0 Å². The molecule has 9 heavy (non-hydrogen) atoms. The first-order chi connectivity index (χ1) is 4.08. The number of hydrogen-bond acceptors (Lipinski definition) is 1. The molecule has 0 aliphatic heterocycles. The number of rotatable bonds is 2. The Kier molecular flexibility index (Phi) is 1.80. The summed E-state index contributed by atoms with van der Waals surface area (Å²) in [5.41, 5.74) is 0.0512. The Morgan fingerprint density at radius 3 is 2.22 bits per heavy atom. The van der Waals surface area contributed by atoms with E-state index in [9.17, 15) is 0 Å². The molecule has 0 unspecified atom stereocenters. The molecule has 0 bridgehead atoms. The largest absolute Gasteiger partial charge is 0.375 e. The molecule has 53 valence electrons. The fourth-order valence-electron chi connectivity index (χ4n) is 0.551. The Hall–Kier alpha value is -0.0400. The second kappa shape index (κ2) is 2.30. The van der Waals surface area contributed by atoms with E-state index < -0.39 is 0 Å². The summed E-state index contributed by atoms with van der Waals surface area (Å²) in [5.74, 6) is 1.57. The molecule has 0 aromatic rings. The highest BCUT2D eigenvalue weighted by atomic mass is 16.5. The third-order valence-electron chi connectivity index (χ3n) is 1.31. The van der Waals surface area contributed by atoms with E-state index in [1.54, 1.807) is 5.92 Å². The molecule has 0 spiro atoms. The smallest absolute Gasteiger partial charge is 0.0598 e. The van der Waals surface area contributed by atoms with Crippen LogP contribution in [0.1, 0.15) is 33.6 Å². The summed E-state index contributed by atoms with van der Waals surface area (Å²) in [6.07, 6.45) is 2.60. The molecule has 1 heteroatoms. The maximum atomic E-state index is 5.52. The second-order valence-electron chi connectivity index (χ2n) is 3.65. The van der Waals surface area contributed by atoms with Crippen LogP contribution in [0.4, 0.5) is 0 Å². The molecule has 1 saturated carbocycles. The third-order valence-corrected chi connectivity index (χ3v) is 1.31. The zero-order valence-corrected chi connectivity index (χ0v) is 6.53. The summed E-state index contributed by atoms with van der Waals surface area (Å²) in [6, 6.07) is 0. The summed E-state index contributed by atoms with van der Waals surface area (Å²) < 4.78 is 5.52. The topological polar surface area (TPSA) is 9.23 Å². The number of hydrogen-bond donors (Lipinski definition) is 0. The minimum absolute atomic E-state index is 0.0512. The van der Waals surface area contributed by atoms with Crippen molar-refractivity contribution in [2.24, 2.45) is 0 Å². The van der Waals surface area contributed by atoms with Gasteiger partial charge < -0.3 is 4.74 Å². The van der Waals surface area contributed by atoms with Crippen molar-refractivity contribution in [2.75, 3.05) is 6.61 Å². The van der Waals surface area contributed by atoms with Crippen molar-refractivity contribution in [3.8, 4) is 0 Å². The van der Waals surface area contributed by atoms with Crippen molar-refractivity contribution in [2.45, 2.75) is 39.2 Å². The predicted octanol–water partition coefficient (Wildman–Crippen LogP) is 2.17. The van der Waals surface area contributed by atoms with Crippen LogP contribution < -0.4 is 0 Å². The average molecular weight is 127 g/mol. The van der Waals surface area contributed by atoms with Crippen molar-refractivity contribution in [1.82, 2.24) is 0 Å². The van der Waals surface area contributed by atoms with E-state index in [4.69, 9.17) is 4.74 Å². The first-order valence-corrected chi connectivity index (χ1v) is 3.55. The van der Waals surface area contributed by atoms with E-state index in [1.807, 2.05) is 0 Å². The molecule has 1 radical (unpaired) electrons. The van der Waals surface area contributed by atoms with E-state index in [0.29, 0.717) is 0 Å². The van der Waals surface area contributed by atoms with E-state index in [2.05, 4.69) is 20.8 Å². The standard InChI is InChI=1S/C8H15O/c1-8(2,3)9-6-7-4-5-7/h4-6H2,1-3H3. The Bertz CT molecular complexity index is 87.2. The SMILES string of the molecule is CC(C)(C)OC[C]1CC1. The molecule has 0 N–H and O–H groups in total. The molecule has 0 saturated heterocycles. The summed E-state index contributed by atoms with van der Waals surface area (Å²) in [5, 5.41) is 0. The molecule has 1 nitrogen and oxygen atoms in total. The lowest BCUT2D eigenvalue weighted by Crippen LogP contribution is -2.19. The molecule has 0 atom stereocenters. The maximum Gasteiger partial charge on any atom is 0.0598 e. The van der Waals surface area contributed by atoms with Gasteiger partial charge >= 0.3 is 0 Å². The number of ether oxygens (including phenoxy) is 1. The first kappa shape index (κ1) is 7.07. The van der Waals surface area contributed by atoms with Gasteiger partial charge in [-0.2, -0.15) is 0 Å². The van der Waals surface area contributed by atoms with Crippen LogP contribution >= 0.6 is 0 Å². The molecule has 0 aromatic heterocycles. The van der Waals surface area contributed by atoms with E-state index in [0.717, 1.165) is 6.61 Å². The molecule has 1 rings (SSSR count). The van der Waals surface area contributed by atoms with Gasteiger partial charge in [0.05, 0.1) is 12.2 Å². The Balaban J connectivity index is 2.03. The van der Waals surface area contributed by atoms with E-state index in [-0.39, 0.29) is 5.60 Å². The summed E-state index contributed by atoms with van der Waals surface area (Å²) in [4.78, 5) is 0. The highest BCUT2D eigenvalue weighted by molar-refractivity contribution is 5.05. The highest BCUT2D eigenvalue weighted by Gasteiger charge is 2.24. The van der Waals surface area contributed by atoms with Crippen LogP contribution in [0.3, 0.4) is 0 Å². The normalized spacial score (nSPS) is 20.3. The van der Waals surface area contributed by atoms with Crippen molar-refractivity contribution < 1.29 is 4.74 Å². The average Bonchev–Trinajstić information content (AvgIpc) is 2.38. The molecule has 0 heterocycles. The van der Waals surface area contributed by atoms with Gasteiger partial charge in [-0.05, 0) is 33.6 Å². The predicted molar refractivity (Wildman–Crippen MR) is 38.2 cm³/mol. The highest BCUT2D eigenvalue weighted by Crippen LogP contribution is 2.32. The van der Waals surface area contributed by atoms with Gasteiger partial charge in [0.25, 0.3) is 0 Å². The van der Waals surface area contributed by atoms with E-state index in [1.165, 1.54) is 12.8 Å². The molecule has 0 amide bonds. The monoisotopic (exact) mass is 127 g/mol. The molecular formula is C8H15O. The van der Waals surface area contributed by atoms with Gasteiger partial charge in [0.1, 0.15) is 0 Å². The quantitative estimate of drug-likeness (QED) is 0.552. The zero-order chi connectivity index (χ0) is 6.91. The molecule has 0 aromatic carbocycles. The summed E-state index contributed by atoms with van der Waals surface area (Å²) in [7, 11) is 0. The molecule has 1 fully saturated rings. The lowest BCUT2D eigenvalue weighted by Gasteiger charge is -2.18. The lowest BCUT2D eigenvalue weighted by atomic mass is 10.2. The fraction of sp³-hybridized carbons (Fsp3) is 0.875. The fourth-order valence-corrected chi connectivity index (χ4v) is 0.551. The van der Waals surface area contributed by atoms with Gasteiger partial charge in [0.15, 0.2) is 0 Å². The second-order valence-corrected chi connectivity index (χ2v) is 3.65. The van der Waals surface area contributed by atoms with Gasteiger partial charge in [-0.1, -0.05) is 0 Å². The van der Waals surface area contributed by atoms with Gasteiger partial charge in [0, 0.05) is 5.92 Å². The van der Waals surface area contributed by atoms with Gasteiger partial charge in [-0.3, -0.25) is 0 Å². The first-order valence-electron chi connectivity index (χ1n) is 3.55.